The van der Waals surface area contributed by atoms with E-state index in [0.29, 0.717) is 10.6 Å². The van der Waals surface area contributed by atoms with Crippen LogP contribution < -0.4 is 15.1 Å². The average Bonchev–Trinajstić information content (AvgIpc) is 3.07. The summed E-state index contributed by atoms with van der Waals surface area (Å²) in [5, 5.41) is 2.96. The zero-order valence-corrected chi connectivity index (χ0v) is 18.6. The zero-order valence-electron chi connectivity index (χ0n) is 18.6. The Morgan fingerprint density at radius 3 is 2.03 bits per heavy atom. The van der Waals surface area contributed by atoms with E-state index in [2.05, 4.69) is 10.2 Å². The van der Waals surface area contributed by atoms with Crippen LogP contribution in [0, 0.1) is 17.5 Å². The number of nitrogens with zero attached hydrogens (tertiary/aromatic N) is 2. The lowest BCUT2D eigenvalue weighted by Crippen LogP contribution is -2.33. The van der Waals surface area contributed by atoms with Gasteiger partial charge in [-0.1, -0.05) is 12.1 Å². The number of carbonyl (C=O) groups is 2. The molecule has 0 aromatic heterocycles. The topological polar surface area (TPSA) is 52.7 Å². The maximum Gasteiger partial charge on any atom is 0.282 e. The molecular weight excluding hydrogens is 443 g/mol. The minimum absolute atomic E-state index is 0.0681. The van der Waals surface area contributed by atoms with Gasteiger partial charge in [0.1, 0.15) is 23.1 Å². The smallest absolute Gasteiger partial charge is 0.282 e. The van der Waals surface area contributed by atoms with E-state index in [1.54, 1.807) is 12.1 Å². The number of amides is 2. The van der Waals surface area contributed by atoms with Gasteiger partial charge in [-0.3, -0.25) is 9.59 Å². The Bertz CT molecular complexity index is 1270. The van der Waals surface area contributed by atoms with E-state index < -0.39 is 35.0 Å². The van der Waals surface area contributed by atoms with Crippen molar-refractivity contribution < 1.29 is 22.8 Å². The third-order valence-electron chi connectivity index (χ3n) is 5.63. The quantitative estimate of drug-likeness (QED) is 0.478. The van der Waals surface area contributed by atoms with E-state index in [4.69, 9.17) is 0 Å². The number of nitrogens with one attached hydrogen (secondary N) is 1. The fraction of sp³-hybridized carbons (Fsp3) is 0.154. The van der Waals surface area contributed by atoms with Crippen molar-refractivity contribution in [2.45, 2.75) is 13.8 Å². The molecular formula is C26H22F3N3O2. The number of rotatable bonds is 7. The van der Waals surface area contributed by atoms with Crippen molar-refractivity contribution in [1.82, 2.24) is 0 Å². The number of hydrogen-bond acceptors (Lipinski definition) is 4. The van der Waals surface area contributed by atoms with Gasteiger partial charge in [0.15, 0.2) is 0 Å². The van der Waals surface area contributed by atoms with Crippen LogP contribution in [0.2, 0.25) is 0 Å². The molecule has 1 N–H and O–H groups in total. The molecule has 4 rings (SSSR count). The van der Waals surface area contributed by atoms with Gasteiger partial charge in [-0.25, -0.2) is 18.1 Å². The Kier molecular flexibility index (Phi) is 6.40. The monoisotopic (exact) mass is 465 g/mol. The minimum Gasteiger partial charge on any atom is -0.372 e. The van der Waals surface area contributed by atoms with Gasteiger partial charge < -0.3 is 10.2 Å². The number of halogens is 3. The largest absolute Gasteiger partial charge is 0.372 e. The molecule has 0 unspecified atom stereocenters. The first-order chi connectivity index (χ1) is 16.3. The minimum atomic E-state index is -0.925. The first kappa shape index (κ1) is 23.1. The molecule has 5 nitrogen and oxygen atoms in total. The fourth-order valence-electron chi connectivity index (χ4n) is 3.89. The van der Waals surface area contributed by atoms with Crippen LogP contribution in [0.25, 0.3) is 5.57 Å². The molecule has 3 aromatic carbocycles. The highest BCUT2D eigenvalue weighted by molar-refractivity contribution is 6.46. The molecule has 2 amide bonds. The number of anilines is 3. The van der Waals surface area contributed by atoms with E-state index >= 15 is 0 Å². The van der Waals surface area contributed by atoms with E-state index in [1.165, 1.54) is 12.1 Å². The Balaban J connectivity index is 1.77. The Hall–Kier alpha value is -4.07. The maximum atomic E-state index is 14.5. The summed E-state index contributed by atoms with van der Waals surface area (Å²) in [4.78, 5) is 29.4. The highest BCUT2D eigenvalue weighted by Crippen LogP contribution is 2.35. The highest BCUT2D eigenvalue weighted by Gasteiger charge is 2.41. The predicted molar refractivity (Wildman–Crippen MR) is 126 cm³/mol. The molecule has 0 saturated heterocycles. The maximum absolute atomic E-state index is 14.5. The molecule has 0 atom stereocenters. The third kappa shape index (κ3) is 4.26. The van der Waals surface area contributed by atoms with Gasteiger partial charge in [0.25, 0.3) is 11.8 Å². The predicted octanol–water partition coefficient (Wildman–Crippen LogP) is 5.35. The van der Waals surface area contributed by atoms with E-state index in [-0.39, 0.29) is 16.8 Å². The van der Waals surface area contributed by atoms with Crippen LogP contribution in [-0.4, -0.2) is 24.9 Å². The van der Waals surface area contributed by atoms with Gasteiger partial charge in [-0.15, -0.1) is 0 Å². The van der Waals surface area contributed by atoms with Crippen LogP contribution in [0.1, 0.15) is 19.4 Å². The van der Waals surface area contributed by atoms with Crippen LogP contribution >= 0.6 is 0 Å². The van der Waals surface area contributed by atoms with Crippen molar-refractivity contribution in [1.29, 1.82) is 0 Å². The van der Waals surface area contributed by atoms with Crippen LogP contribution in [-0.2, 0) is 9.59 Å². The molecule has 34 heavy (non-hydrogen) atoms. The average molecular weight is 465 g/mol. The van der Waals surface area contributed by atoms with Crippen molar-refractivity contribution in [2.75, 3.05) is 28.2 Å². The Morgan fingerprint density at radius 2 is 1.41 bits per heavy atom. The van der Waals surface area contributed by atoms with Crippen LogP contribution in [0.5, 0.6) is 0 Å². The second kappa shape index (κ2) is 9.43. The molecule has 8 heteroatoms. The first-order valence-electron chi connectivity index (χ1n) is 10.8. The summed E-state index contributed by atoms with van der Waals surface area (Å²) in [7, 11) is 0. The van der Waals surface area contributed by atoms with E-state index in [0.717, 1.165) is 49.1 Å². The lowest BCUT2D eigenvalue weighted by molar-refractivity contribution is -0.120. The summed E-state index contributed by atoms with van der Waals surface area (Å²) in [5.74, 6) is -3.93. The van der Waals surface area contributed by atoms with Gasteiger partial charge >= 0.3 is 0 Å². The third-order valence-corrected chi connectivity index (χ3v) is 5.63. The van der Waals surface area contributed by atoms with Crippen molar-refractivity contribution in [3.05, 3.63) is 95.4 Å². The molecule has 0 spiro atoms. The normalized spacial score (nSPS) is 13.6. The number of hydrogen-bond donors (Lipinski definition) is 1. The molecule has 1 heterocycles. The van der Waals surface area contributed by atoms with E-state index in [1.807, 2.05) is 26.0 Å². The van der Waals surface area contributed by atoms with Gasteiger partial charge in [0.05, 0.1) is 11.3 Å². The Morgan fingerprint density at radius 1 is 0.794 bits per heavy atom. The summed E-state index contributed by atoms with van der Waals surface area (Å²) in [6.45, 7) is 5.73. The summed E-state index contributed by atoms with van der Waals surface area (Å²) in [5.41, 5.74) is 1.09. The van der Waals surface area contributed by atoms with E-state index in [9.17, 15) is 22.8 Å². The SMILES string of the molecule is CCN(CC)c1ccc(NC2=C(c3ccc(F)cc3)C(=O)N(c3cc(F)ccc3F)C2=O)cc1. The molecule has 174 valence electrons. The first-order valence-corrected chi connectivity index (χ1v) is 10.8. The lowest BCUT2D eigenvalue weighted by Gasteiger charge is -2.21. The number of carbonyl (C=O) groups excluding carboxylic acids is 2. The molecule has 0 bridgehead atoms. The standard InChI is InChI=1S/C26H22F3N3O2/c1-3-31(4-2)20-12-10-19(11-13-20)30-24-23(16-5-7-17(27)8-6-16)25(33)32(26(24)34)22-15-18(28)9-14-21(22)29/h5-15,30H,3-4H2,1-2H3. The molecule has 0 fully saturated rings. The van der Waals surface area contributed by atoms with Crippen molar-refractivity contribution in [3.8, 4) is 0 Å². The molecule has 3 aromatic rings. The molecule has 1 aliphatic heterocycles. The van der Waals surface area contributed by atoms with Gasteiger partial charge in [-0.2, -0.15) is 0 Å². The van der Waals surface area contributed by atoms with Crippen LogP contribution in [0.15, 0.2) is 72.4 Å². The van der Waals surface area contributed by atoms with Crippen LogP contribution in [0.3, 0.4) is 0 Å². The number of benzene rings is 3. The van der Waals surface area contributed by atoms with Gasteiger partial charge in [-0.05, 0) is 67.9 Å². The second-order valence-corrected chi connectivity index (χ2v) is 7.64. The van der Waals surface area contributed by atoms with Crippen molar-refractivity contribution in [2.24, 2.45) is 0 Å². The van der Waals surface area contributed by atoms with Gasteiger partial charge in [0.2, 0.25) is 0 Å². The molecule has 0 aliphatic carbocycles. The Labute approximate surface area is 195 Å². The van der Waals surface area contributed by atoms with Crippen molar-refractivity contribution >= 4 is 34.4 Å². The summed E-state index contributed by atoms with van der Waals surface area (Å²) >= 11 is 0. The molecule has 0 radical (unpaired) electrons. The summed E-state index contributed by atoms with van der Waals surface area (Å²) in [6.07, 6.45) is 0. The van der Waals surface area contributed by atoms with Crippen LogP contribution in [0.4, 0.5) is 30.2 Å². The molecule has 1 aliphatic rings. The summed E-state index contributed by atoms with van der Waals surface area (Å²) in [6, 6.07) is 14.8. The zero-order chi connectivity index (χ0) is 24.4. The lowest BCUT2D eigenvalue weighted by atomic mass is 10.0. The van der Waals surface area contributed by atoms with Gasteiger partial charge in [0, 0.05) is 30.5 Å². The summed E-state index contributed by atoms with van der Waals surface area (Å²) < 4.78 is 41.8. The highest BCUT2D eigenvalue weighted by atomic mass is 19.1. The molecule has 0 saturated carbocycles. The number of imide groups is 1. The fourth-order valence-corrected chi connectivity index (χ4v) is 3.89. The van der Waals surface area contributed by atoms with Crippen molar-refractivity contribution in [3.63, 3.8) is 0 Å². The second-order valence-electron chi connectivity index (χ2n) is 7.64.